The molecule has 1 aromatic carbocycles. The highest BCUT2D eigenvalue weighted by molar-refractivity contribution is 6.06. The number of hydrogen-bond donors (Lipinski definition) is 3. The lowest BCUT2D eigenvalue weighted by Gasteiger charge is -2.28. The highest BCUT2D eigenvalue weighted by Gasteiger charge is 2.31. The average Bonchev–Trinajstić information content (AvgIpc) is 3.12. The third kappa shape index (κ3) is 6.17. The van der Waals surface area contributed by atoms with Crippen LogP contribution in [0.1, 0.15) is 40.4 Å². The van der Waals surface area contributed by atoms with E-state index in [1.54, 1.807) is 0 Å². The van der Waals surface area contributed by atoms with Crippen LogP contribution in [0.25, 0.3) is 21.9 Å². The van der Waals surface area contributed by atoms with Crippen molar-refractivity contribution in [1.82, 2.24) is 19.9 Å². The van der Waals surface area contributed by atoms with E-state index in [9.17, 15) is 9.59 Å². The van der Waals surface area contributed by atoms with Crippen LogP contribution >= 0.6 is 0 Å². The molecule has 0 radical (unpaired) electrons. The zero-order valence-electron chi connectivity index (χ0n) is 20.9. The number of anilines is 1. The number of amides is 2. The van der Waals surface area contributed by atoms with Gasteiger partial charge in [-0.3, -0.25) is 4.79 Å². The number of carbonyl (C=O) groups is 2. The Morgan fingerprint density at radius 2 is 1.86 bits per heavy atom. The monoisotopic (exact) mass is 486 g/mol. The van der Waals surface area contributed by atoms with Gasteiger partial charge < -0.3 is 35.6 Å². The number of ether oxygens (including phenoxy) is 3. The Balaban J connectivity index is 1.79. The molecule has 0 spiro atoms. The number of fused-ring (bicyclic) bond motifs is 3. The van der Waals surface area contributed by atoms with Crippen LogP contribution in [-0.2, 0) is 32.2 Å². The first kappa shape index (κ1) is 26.2. The van der Waals surface area contributed by atoms with Crippen molar-refractivity contribution in [2.24, 2.45) is 5.73 Å². The van der Waals surface area contributed by atoms with Gasteiger partial charge in [-0.1, -0.05) is 18.2 Å². The molecule has 0 fully saturated rings. The van der Waals surface area contributed by atoms with Gasteiger partial charge in [-0.25, -0.2) is 14.8 Å². The average molecular weight is 487 g/mol. The fraction of sp³-hybridized carbons (Fsp3) is 0.500. The largest absolute Gasteiger partial charge is 0.434 e. The third-order valence-corrected chi connectivity index (χ3v) is 5.45. The molecule has 3 rings (SSSR count). The molecular formula is C24H34N6O5. The van der Waals surface area contributed by atoms with Gasteiger partial charge in [0.25, 0.3) is 5.91 Å². The number of rotatable bonds is 11. The van der Waals surface area contributed by atoms with E-state index in [1.807, 2.05) is 45.0 Å². The predicted octanol–water partition coefficient (Wildman–Crippen LogP) is 2.49. The molecule has 2 aromatic heterocycles. The number of carbonyl (C=O) groups excluding carboxylic acids is 2. The number of pyridine rings is 1. The molecule has 2 heterocycles. The normalized spacial score (nSPS) is 12.3. The molecule has 35 heavy (non-hydrogen) atoms. The first-order valence-corrected chi connectivity index (χ1v) is 11.5. The van der Waals surface area contributed by atoms with Crippen molar-refractivity contribution < 1.29 is 23.8 Å². The minimum atomic E-state index is -1.37. The number of imidazole rings is 1. The Bertz CT molecular complexity index is 1220. The Hall–Kier alpha value is -3.44. The number of para-hydroxylation sites is 1. The van der Waals surface area contributed by atoms with E-state index in [2.05, 4.69) is 14.9 Å². The van der Waals surface area contributed by atoms with Crippen LogP contribution in [0.4, 0.5) is 10.6 Å². The molecule has 0 aliphatic heterocycles. The van der Waals surface area contributed by atoms with Gasteiger partial charge in [-0.15, -0.1) is 0 Å². The van der Waals surface area contributed by atoms with Crippen molar-refractivity contribution in [3.8, 4) is 0 Å². The van der Waals surface area contributed by atoms with Crippen LogP contribution in [0.15, 0.2) is 24.3 Å². The number of benzene rings is 1. The molecule has 0 aliphatic carbocycles. The molecule has 3 aromatic rings. The third-order valence-electron chi connectivity index (χ3n) is 5.45. The second-order valence-corrected chi connectivity index (χ2v) is 9.26. The Morgan fingerprint density at radius 1 is 1.14 bits per heavy atom. The topological polar surface area (TPSA) is 157 Å². The number of nitrogens with two attached hydrogens (primary N) is 2. The second-order valence-electron chi connectivity index (χ2n) is 9.26. The standard InChI is InChI=1S/C24H34N6O5/c1-6-33-13-17-29-18-19(15-9-7-8-10-16(15)28-20(18)25)30(17)14-23(2,3)34-12-11-27-21(31)24(4,5)35-22(26)32/h7-10H,6,11-14H2,1-5H3,(H2,25,28)(H2,26,32)(H,27,31). The van der Waals surface area contributed by atoms with Crippen molar-refractivity contribution in [2.45, 2.75) is 59.0 Å². The molecule has 0 bridgehead atoms. The zero-order chi connectivity index (χ0) is 25.8. The Labute approximate surface area is 204 Å². The molecule has 11 heteroatoms. The van der Waals surface area contributed by atoms with Gasteiger partial charge in [0, 0.05) is 18.5 Å². The van der Waals surface area contributed by atoms with Crippen LogP contribution in [0.5, 0.6) is 0 Å². The molecule has 5 N–H and O–H groups in total. The highest BCUT2D eigenvalue weighted by atomic mass is 16.6. The molecular weight excluding hydrogens is 452 g/mol. The summed E-state index contributed by atoms with van der Waals surface area (Å²) in [5, 5.41) is 3.64. The summed E-state index contributed by atoms with van der Waals surface area (Å²) in [6.07, 6.45) is -1.01. The van der Waals surface area contributed by atoms with Gasteiger partial charge >= 0.3 is 6.09 Å². The van der Waals surface area contributed by atoms with Crippen LogP contribution in [0, 0.1) is 0 Å². The molecule has 190 valence electrons. The van der Waals surface area contributed by atoms with Crippen LogP contribution in [-0.4, -0.2) is 57.5 Å². The lowest BCUT2D eigenvalue weighted by Crippen LogP contribution is -2.47. The summed E-state index contributed by atoms with van der Waals surface area (Å²) in [7, 11) is 0. The van der Waals surface area contributed by atoms with E-state index in [1.165, 1.54) is 13.8 Å². The highest BCUT2D eigenvalue weighted by Crippen LogP contribution is 2.30. The van der Waals surface area contributed by atoms with Gasteiger partial charge in [-0.05, 0) is 40.7 Å². The number of nitrogen functional groups attached to an aromatic ring is 1. The van der Waals surface area contributed by atoms with Crippen molar-refractivity contribution in [2.75, 3.05) is 25.5 Å². The summed E-state index contributed by atoms with van der Waals surface area (Å²) in [5.74, 6) is 0.617. The summed E-state index contributed by atoms with van der Waals surface area (Å²) in [6, 6.07) is 7.77. The van der Waals surface area contributed by atoms with E-state index in [-0.39, 0.29) is 13.2 Å². The molecule has 2 amide bonds. The summed E-state index contributed by atoms with van der Waals surface area (Å²) < 4.78 is 18.7. The molecule has 0 saturated heterocycles. The SMILES string of the molecule is CCOCc1nc2c(N)nc3ccccc3c2n1CC(C)(C)OCCNC(=O)C(C)(C)OC(N)=O. The number of nitrogens with zero attached hydrogens (tertiary/aromatic N) is 3. The van der Waals surface area contributed by atoms with Crippen molar-refractivity contribution >= 4 is 39.8 Å². The minimum absolute atomic E-state index is 0.226. The van der Waals surface area contributed by atoms with E-state index in [0.29, 0.717) is 31.1 Å². The maximum Gasteiger partial charge on any atom is 0.405 e. The first-order valence-electron chi connectivity index (χ1n) is 11.5. The number of aromatic nitrogens is 3. The summed E-state index contributed by atoms with van der Waals surface area (Å²) in [4.78, 5) is 32.5. The summed E-state index contributed by atoms with van der Waals surface area (Å²) >= 11 is 0. The number of nitrogens with one attached hydrogen (secondary N) is 1. The van der Waals surface area contributed by atoms with Gasteiger partial charge in [0.1, 0.15) is 17.9 Å². The Morgan fingerprint density at radius 3 is 2.54 bits per heavy atom. The van der Waals surface area contributed by atoms with Crippen LogP contribution in [0.2, 0.25) is 0 Å². The van der Waals surface area contributed by atoms with Crippen LogP contribution in [0.3, 0.4) is 0 Å². The van der Waals surface area contributed by atoms with Gasteiger partial charge in [0.05, 0.1) is 29.8 Å². The first-order chi connectivity index (χ1) is 16.4. The molecule has 0 saturated carbocycles. The number of hydrogen-bond acceptors (Lipinski definition) is 8. The lowest BCUT2D eigenvalue weighted by molar-refractivity contribution is -0.137. The second kappa shape index (κ2) is 10.4. The fourth-order valence-corrected chi connectivity index (χ4v) is 3.81. The smallest absolute Gasteiger partial charge is 0.405 e. The summed E-state index contributed by atoms with van der Waals surface area (Å²) in [6.45, 7) is 10.6. The van der Waals surface area contributed by atoms with E-state index >= 15 is 0 Å². The predicted molar refractivity (Wildman–Crippen MR) is 133 cm³/mol. The quantitative estimate of drug-likeness (QED) is 0.349. The van der Waals surface area contributed by atoms with Gasteiger partial charge in [0.15, 0.2) is 11.4 Å². The lowest BCUT2D eigenvalue weighted by atomic mass is 10.1. The maximum atomic E-state index is 12.3. The maximum absolute atomic E-state index is 12.3. The summed E-state index contributed by atoms with van der Waals surface area (Å²) in [5.41, 5.74) is 11.6. The van der Waals surface area contributed by atoms with E-state index < -0.39 is 23.2 Å². The van der Waals surface area contributed by atoms with Crippen molar-refractivity contribution in [3.05, 3.63) is 30.1 Å². The van der Waals surface area contributed by atoms with Gasteiger partial charge in [0.2, 0.25) is 0 Å². The van der Waals surface area contributed by atoms with Gasteiger partial charge in [-0.2, -0.15) is 0 Å². The van der Waals surface area contributed by atoms with E-state index in [4.69, 9.17) is 30.7 Å². The van der Waals surface area contributed by atoms with Crippen molar-refractivity contribution in [3.63, 3.8) is 0 Å². The molecule has 0 aliphatic rings. The fourth-order valence-electron chi connectivity index (χ4n) is 3.81. The zero-order valence-corrected chi connectivity index (χ0v) is 20.9. The Kier molecular flexibility index (Phi) is 7.81. The number of primary amides is 1. The van der Waals surface area contributed by atoms with Crippen LogP contribution < -0.4 is 16.8 Å². The molecule has 11 nitrogen and oxygen atoms in total. The van der Waals surface area contributed by atoms with Crippen molar-refractivity contribution in [1.29, 1.82) is 0 Å². The minimum Gasteiger partial charge on any atom is -0.434 e. The molecule has 0 unspecified atom stereocenters. The molecule has 0 atom stereocenters. The van der Waals surface area contributed by atoms with E-state index in [0.717, 1.165) is 22.2 Å².